The summed E-state index contributed by atoms with van der Waals surface area (Å²) in [5, 5.41) is 5.40. The molecule has 0 unspecified atom stereocenters. The topological polar surface area (TPSA) is 58.2 Å². The van der Waals surface area contributed by atoms with Crippen LogP contribution in [0.1, 0.15) is 44.0 Å². The molecule has 0 saturated carbocycles. The molecule has 0 aromatic heterocycles. The number of nitrogens with one attached hydrogen (secondary N) is 2. The van der Waals surface area contributed by atoms with Gasteiger partial charge in [0.2, 0.25) is 5.91 Å². The Morgan fingerprint density at radius 2 is 1.90 bits per heavy atom. The van der Waals surface area contributed by atoms with Crippen LogP contribution in [0, 0.1) is 11.7 Å². The first-order valence-corrected chi connectivity index (χ1v) is 7.30. The molecule has 1 rings (SSSR count). The molecule has 0 heterocycles. The zero-order chi connectivity index (χ0) is 15.8. The minimum Gasteiger partial charge on any atom is -0.354 e. The summed E-state index contributed by atoms with van der Waals surface area (Å²) in [5.74, 6) is -1.48. The molecule has 116 valence electrons. The molecule has 2 N–H and O–H groups in total. The van der Waals surface area contributed by atoms with Crippen molar-refractivity contribution < 1.29 is 14.0 Å². The van der Waals surface area contributed by atoms with Crippen molar-refractivity contribution in [3.8, 4) is 0 Å². The molecule has 2 amide bonds. The first kappa shape index (κ1) is 17.1. The Morgan fingerprint density at radius 1 is 1.24 bits per heavy atom. The largest absolute Gasteiger partial charge is 0.354 e. The molecule has 0 fully saturated rings. The Kier molecular flexibility index (Phi) is 6.85. The van der Waals surface area contributed by atoms with Crippen molar-refractivity contribution in [2.24, 2.45) is 5.92 Å². The number of benzene rings is 1. The van der Waals surface area contributed by atoms with Crippen LogP contribution in [0.2, 0.25) is 0 Å². The van der Waals surface area contributed by atoms with E-state index in [1.54, 1.807) is 6.07 Å². The van der Waals surface area contributed by atoms with E-state index in [1.807, 2.05) is 20.8 Å². The van der Waals surface area contributed by atoms with E-state index >= 15 is 0 Å². The molecule has 21 heavy (non-hydrogen) atoms. The lowest BCUT2D eigenvalue weighted by Crippen LogP contribution is -2.50. The van der Waals surface area contributed by atoms with E-state index in [0.29, 0.717) is 6.54 Å². The van der Waals surface area contributed by atoms with Gasteiger partial charge in [0, 0.05) is 6.54 Å². The second-order valence-electron chi connectivity index (χ2n) is 5.32. The maximum absolute atomic E-state index is 13.6. The van der Waals surface area contributed by atoms with Gasteiger partial charge in [0.1, 0.15) is 11.9 Å². The van der Waals surface area contributed by atoms with Crippen molar-refractivity contribution >= 4 is 11.8 Å². The highest BCUT2D eigenvalue weighted by Gasteiger charge is 2.25. The number of carbonyl (C=O) groups excluding carboxylic acids is 2. The summed E-state index contributed by atoms with van der Waals surface area (Å²) < 4.78 is 13.6. The summed E-state index contributed by atoms with van der Waals surface area (Å²) in [5.41, 5.74) is -0.0514. The Bertz CT molecular complexity index is 489. The third-order valence-electron chi connectivity index (χ3n) is 3.18. The number of unbranched alkanes of at least 4 members (excludes halogenated alkanes) is 1. The van der Waals surface area contributed by atoms with Crippen LogP contribution in [0.25, 0.3) is 0 Å². The zero-order valence-corrected chi connectivity index (χ0v) is 12.8. The van der Waals surface area contributed by atoms with Crippen molar-refractivity contribution in [3.05, 3.63) is 35.6 Å². The van der Waals surface area contributed by atoms with Crippen molar-refractivity contribution in [1.29, 1.82) is 0 Å². The van der Waals surface area contributed by atoms with E-state index in [-0.39, 0.29) is 17.4 Å². The molecule has 0 aliphatic rings. The van der Waals surface area contributed by atoms with Gasteiger partial charge in [0.05, 0.1) is 5.56 Å². The van der Waals surface area contributed by atoms with Gasteiger partial charge in [-0.3, -0.25) is 9.59 Å². The zero-order valence-electron chi connectivity index (χ0n) is 12.8. The normalized spacial score (nSPS) is 12.0. The standard InChI is InChI=1S/C16H23FN2O2/c1-4-5-10-18-16(21)14(11(2)3)19-15(20)12-8-6-7-9-13(12)17/h6-9,11,14H,4-5,10H2,1-3H3,(H,18,21)(H,19,20)/t14-/m0/s1. The van der Waals surface area contributed by atoms with E-state index in [9.17, 15) is 14.0 Å². The first-order valence-electron chi connectivity index (χ1n) is 7.30. The van der Waals surface area contributed by atoms with E-state index in [2.05, 4.69) is 10.6 Å². The smallest absolute Gasteiger partial charge is 0.254 e. The summed E-state index contributed by atoms with van der Waals surface area (Å²) in [4.78, 5) is 24.2. The molecule has 5 heteroatoms. The Morgan fingerprint density at radius 3 is 2.48 bits per heavy atom. The first-order chi connectivity index (χ1) is 9.97. The fourth-order valence-electron chi connectivity index (χ4n) is 1.90. The predicted molar refractivity (Wildman–Crippen MR) is 80.4 cm³/mol. The summed E-state index contributed by atoms with van der Waals surface area (Å²) in [6, 6.07) is 5.05. The molecule has 0 bridgehead atoms. The number of amides is 2. The molecule has 1 aromatic carbocycles. The maximum atomic E-state index is 13.6. The van der Waals surface area contributed by atoms with Crippen molar-refractivity contribution in [2.75, 3.05) is 6.54 Å². The van der Waals surface area contributed by atoms with Crippen LogP contribution in [-0.4, -0.2) is 24.4 Å². The minimum atomic E-state index is -0.672. The van der Waals surface area contributed by atoms with Crippen LogP contribution < -0.4 is 10.6 Å². The Balaban J connectivity index is 2.72. The third kappa shape index (κ3) is 5.17. The molecule has 0 aliphatic heterocycles. The quantitative estimate of drug-likeness (QED) is 0.759. The molecule has 0 saturated heterocycles. The van der Waals surface area contributed by atoms with Gasteiger partial charge in [0.15, 0.2) is 0 Å². The summed E-state index contributed by atoms with van der Waals surface area (Å²) in [6.07, 6.45) is 1.87. The summed E-state index contributed by atoms with van der Waals surface area (Å²) >= 11 is 0. The van der Waals surface area contributed by atoms with Gasteiger partial charge in [-0.25, -0.2) is 4.39 Å². The minimum absolute atomic E-state index is 0.0514. The lowest BCUT2D eigenvalue weighted by atomic mass is 10.0. The molecule has 1 aromatic rings. The van der Waals surface area contributed by atoms with Crippen molar-refractivity contribution in [3.63, 3.8) is 0 Å². The fraction of sp³-hybridized carbons (Fsp3) is 0.500. The molecule has 0 radical (unpaired) electrons. The maximum Gasteiger partial charge on any atom is 0.254 e. The van der Waals surface area contributed by atoms with Gasteiger partial charge >= 0.3 is 0 Å². The molecular formula is C16H23FN2O2. The average molecular weight is 294 g/mol. The molecular weight excluding hydrogens is 271 g/mol. The number of hydrogen-bond donors (Lipinski definition) is 2. The van der Waals surface area contributed by atoms with Crippen molar-refractivity contribution in [1.82, 2.24) is 10.6 Å². The van der Waals surface area contributed by atoms with Gasteiger partial charge in [-0.2, -0.15) is 0 Å². The highest BCUT2D eigenvalue weighted by molar-refractivity contribution is 5.97. The molecule has 0 spiro atoms. The second-order valence-corrected chi connectivity index (χ2v) is 5.32. The monoisotopic (exact) mass is 294 g/mol. The van der Waals surface area contributed by atoms with Crippen LogP contribution >= 0.6 is 0 Å². The third-order valence-corrected chi connectivity index (χ3v) is 3.18. The van der Waals surface area contributed by atoms with Gasteiger partial charge in [-0.05, 0) is 24.5 Å². The van der Waals surface area contributed by atoms with Crippen LogP contribution in [0.4, 0.5) is 4.39 Å². The molecule has 1 atom stereocenters. The van der Waals surface area contributed by atoms with E-state index < -0.39 is 17.8 Å². The molecule has 4 nitrogen and oxygen atoms in total. The van der Waals surface area contributed by atoms with Gasteiger partial charge in [-0.1, -0.05) is 39.3 Å². The highest BCUT2D eigenvalue weighted by Crippen LogP contribution is 2.09. The van der Waals surface area contributed by atoms with Gasteiger partial charge in [-0.15, -0.1) is 0 Å². The summed E-state index contributed by atoms with van der Waals surface area (Å²) in [6.45, 7) is 6.29. The fourth-order valence-corrected chi connectivity index (χ4v) is 1.90. The van der Waals surface area contributed by atoms with Gasteiger partial charge in [0.25, 0.3) is 5.91 Å². The number of halogens is 1. The number of carbonyl (C=O) groups is 2. The number of hydrogen-bond acceptors (Lipinski definition) is 2. The highest BCUT2D eigenvalue weighted by atomic mass is 19.1. The molecule has 0 aliphatic carbocycles. The van der Waals surface area contributed by atoms with E-state index in [0.717, 1.165) is 12.8 Å². The van der Waals surface area contributed by atoms with Crippen LogP contribution in [0.3, 0.4) is 0 Å². The predicted octanol–water partition coefficient (Wildman–Crippen LogP) is 2.50. The van der Waals surface area contributed by atoms with Crippen LogP contribution in [0.5, 0.6) is 0 Å². The van der Waals surface area contributed by atoms with E-state index in [4.69, 9.17) is 0 Å². The second kappa shape index (κ2) is 8.39. The summed E-state index contributed by atoms with van der Waals surface area (Å²) in [7, 11) is 0. The average Bonchev–Trinajstić information content (AvgIpc) is 2.44. The van der Waals surface area contributed by atoms with Crippen LogP contribution in [0.15, 0.2) is 24.3 Å². The SMILES string of the molecule is CCCCNC(=O)[C@@H](NC(=O)c1ccccc1F)C(C)C. The lowest BCUT2D eigenvalue weighted by Gasteiger charge is -2.21. The lowest BCUT2D eigenvalue weighted by molar-refractivity contribution is -0.123. The van der Waals surface area contributed by atoms with Crippen LogP contribution in [-0.2, 0) is 4.79 Å². The van der Waals surface area contributed by atoms with E-state index in [1.165, 1.54) is 18.2 Å². The number of rotatable bonds is 7. The Labute approximate surface area is 125 Å². The van der Waals surface area contributed by atoms with Crippen molar-refractivity contribution in [2.45, 2.75) is 39.7 Å². The van der Waals surface area contributed by atoms with Gasteiger partial charge < -0.3 is 10.6 Å². The Hall–Kier alpha value is -1.91.